The molecule has 2 heterocycles. The Hall–Kier alpha value is -2.08. The Labute approximate surface area is 126 Å². The number of fused-ring (bicyclic) bond motifs is 1. The zero-order valence-corrected chi connectivity index (χ0v) is 12.4. The number of thioether (sulfide) groups is 1. The van der Waals surface area contributed by atoms with Gasteiger partial charge in [-0.25, -0.2) is 4.98 Å². The van der Waals surface area contributed by atoms with Gasteiger partial charge in [0.2, 0.25) is 5.91 Å². The molecule has 0 bridgehead atoms. The first-order valence-corrected chi connectivity index (χ1v) is 7.69. The van der Waals surface area contributed by atoms with Gasteiger partial charge >= 0.3 is 0 Å². The quantitative estimate of drug-likeness (QED) is 0.861. The molecule has 0 fully saturated rings. The summed E-state index contributed by atoms with van der Waals surface area (Å²) in [5.74, 6) is 0.343. The molecular formula is C15H15N3O2S. The van der Waals surface area contributed by atoms with Gasteiger partial charge in [0.25, 0.3) is 5.56 Å². The lowest BCUT2D eigenvalue weighted by Gasteiger charge is -2.24. The number of carbonyl (C=O) groups excluding carboxylic acids is 1. The lowest BCUT2D eigenvalue weighted by Crippen LogP contribution is -2.36. The van der Waals surface area contributed by atoms with E-state index in [-0.39, 0.29) is 17.4 Å². The van der Waals surface area contributed by atoms with Gasteiger partial charge in [0.15, 0.2) is 5.16 Å². The molecule has 3 rings (SSSR count). The Kier molecular flexibility index (Phi) is 3.79. The minimum Gasteiger partial charge on any atom is -0.326 e. The number of hydrogen-bond acceptors (Lipinski definition) is 4. The van der Waals surface area contributed by atoms with Crippen molar-refractivity contribution in [3.05, 3.63) is 52.4 Å². The van der Waals surface area contributed by atoms with Crippen LogP contribution in [0.2, 0.25) is 0 Å². The maximum Gasteiger partial charge on any atom is 0.254 e. The third-order valence-corrected chi connectivity index (χ3v) is 4.64. The zero-order valence-electron chi connectivity index (χ0n) is 11.6. The van der Waals surface area contributed by atoms with Crippen molar-refractivity contribution in [2.24, 2.45) is 5.92 Å². The van der Waals surface area contributed by atoms with Gasteiger partial charge in [-0.2, -0.15) is 0 Å². The first-order valence-electron chi connectivity index (χ1n) is 6.70. The van der Waals surface area contributed by atoms with Crippen molar-refractivity contribution in [3.63, 3.8) is 0 Å². The average Bonchev–Trinajstić information content (AvgIpc) is 2.50. The molecule has 21 heavy (non-hydrogen) atoms. The van der Waals surface area contributed by atoms with Crippen LogP contribution in [0.25, 0.3) is 0 Å². The molecule has 1 aliphatic heterocycles. The first-order chi connectivity index (χ1) is 10.1. The van der Waals surface area contributed by atoms with E-state index < -0.39 is 0 Å². The molecule has 1 aliphatic rings. The largest absolute Gasteiger partial charge is 0.326 e. The van der Waals surface area contributed by atoms with Gasteiger partial charge in [-0.15, -0.1) is 0 Å². The number of amides is 1. The number of carbonyl (C=O) groups is 1. The van der Waals surface area contributed by atoms with Crippen molar-refractivity contribution in [1.82, 2.24) is 9.55 Å². The van der Waals surface area contributed by atoms with Crippen molar-refractivity contribution in [3.8, 4) is 0 Å². The van der Waals surface area contributed by atoms with Crippen molar-refractivity contribution < 1.29 is 4.79 Å². The van der Waals surface area contributed by atoms with Crippen LogP contribution in [0.5, 0.6) is 0 Å². The highest BCUT2D eigenvalue weighted by Crippen LogP contribution is 2.25. The summed E-state index contributed by atoms with van der Waals surface area (Å²) in [6, 6.07) is 9.08. The van der Waals surface area contributed by atoms with E-state index in [2.05, 4.69) is 10.3 Å². The van der Waals surface area contributed by atoms with E-state index in [1.165, 1.54) is 24.0 Å². The molecule has 1 aromatic carbocycles. The Balaban J connectivity index is 1.77. The van der Waals surface area contributed by atoms with Gasteiger partial charge in [0.1, 0.15) is 0 Å². The van der Waals surface area contributed by atoms with Crippen molar-refractivity contribution in [2.75, 3.05) is 11.1 Å². The summed E-state index contributed by atoms with van der Waals surface area (Å²) in [6.07, 6.45) is 1.51. The molecule has 0 saturated heterocycles. The van der Waals surface area contributed by atoms with Crippen LogP contribution >= 0.6 is 11.8 Å². The Morgan fingerprint density at radius 2 is 2.19 bits per heavy atom. The normalized spacial score (nSPS) is 17.1. The second-order valence-corrected chi connectivity index (χ2v) is 5.98. The van der Waals surface area contributed by atoms with Gasteiger partial charge < -0.3 is 5.32 Å². The summed E-state index contributed by atoms with van der Waals surface area (Å²) < 4.78 is 1.57. The third-order valence-electron chi connectivity index (χ3n) is 3.49. The molecule has 1 aromatic heterocycles. The predicted octanol–water partition coefficient (Wildman–Crippen LogP) is 1.91. The number of aryl methyl sites for hydroxylation is 1. The Morgan fingerprint density at radius 3 is 3.00 bits per heavy atom. The van der Waals surface area contributed by atoms with Gasteiger partial charge in [-0.3, -0.25) is 14.2 Å². The summed E-state index contributed by atoms with van der Waals surface area (Å²) >= 11 is 1.45. The number of aromatic nitrogens is 2. The number of benzene rings is 1. The molecule has 0 spiro atoms. The monoisotopic (exact) mass is 301 g/mol. The molecule has 0 radical (unpaired) electrons. The SMILES string of the molecule is Cc1ccccc1NC(=O)C1CSc2nccc(=O)n2C1. The van der Waals surface area contributed by atoms with Crippen LogP contribution in [-0.4, -0.2) is 21.2 Å². The van der Waals surface area contributed by atoms with Crippen LogP contribution in [0.1, 0.15) is 5.56 Å². The van der Waals surface area contributed by atoms with Gasteiger partial charge in [0.05, 0.1) is 5.92 Å². The maximum absolute atomic E-state index is 12.4. The molecule has 108 valence electrons. The second-order valence-electron chi connectivity index (χ2n) is 4.99. The minimum absolute atomic E-state index is 0.0572. The Morgan fingerprint density at radius 1 is 1.38 bits per heavy atom. The summed E-state index contributed by atoms with van der Waals surface area (Å²) in [4.78, 5) is 28.4. The molecule has 0 aliphatic carbocycles. The summed E-state index contributed by atoms with van der Waals surface area (Å²) in [7, 11) is 0. The fourth-order valence-corrected chi connectivity index (χ4v) is 3.32. The van der Waals surface area contributed by atoms with E-state index in [1.807, 2.05) is 31.2 Å². The van der Waals surface area contributed by atoms with Gasteiger partial charge in [-0.05, 0) is 18.6 Å². The smallest absolute Gasteiger partial charge is 0.254 e. The molecule has 5 nitrogen and oxygen atoms in total. The van der Waals surface area contributed by atoms with Gasteiger partial charge in [-0.1, -0.05) is 30.0 Å². The predicted molar refractivity (Wildman–Crippen MR) is 82.5 cm³/mol. The maximum atomic E-state index is 12.4. The molecular weight excluding hydrogens is 286 g/mol. The minimum atomic E-state index is -0.232. The highest BCUT2D eigenvalue weighted by atomic mass is 32.2. The number of nitrogens with one attached hydrogen (secondary N) is 1. The van der Waals surface area contributed by atoms with Crippen LogP contribution in [0.15, 0.2) is 46.5 Å². The van der Waals surface area contributed by atoms with Crippen LogP contribution in [0.4, 0.5) is 5.69 Å². The van der Waals surface area contributed by atoms with Crippen molar-refractivity contribution >= 4 is 23.4 Å². The Bertz CT molecular complexity index is 742. The summed E-state index contributed by atoms with van der Waals surface area (Å²) in [5, 5.41) is 3.62. The number of hydrogen-bond donors (Lipinski definition) is 1. The zero-order chi connectivity index (χ0) is 14.8. The van der Waals surface area contributed by atoms with Crippen LogP contribution in [0.3, 0.4) is 0 Å². The molecule has 0 saturated carbocycles. The summed E-state index contributed by atoms with van der Waals surface area (Å²) in [6.45, 7) is 2.33. The molecule has 2 aromatic rings. The third kappa shape index (κ3) is 2.85. The standard InChI is InChI=1S/C15H15N3O2S/c1-10-4-2-3-5-12(10)17-14(20)11-8-18-13(19)6-7-16-15(18)21-9-11/h2-7,11H,8-9H2,1H3,(H,17,20). The number of nitrogens with zero attached hydrogens (tertiary/aromatic N) is 2. The van der Waals surface area contributed by atoms with Crippen LogP contribution in [-0.2, 0) is 11.3 Å². The van der Waals surface area contributed by atoms with Crippen molar-refractivity contribution in [2.45, 2.75) is 18.6 Å². The molecule has 6 heteroatoms. The number of anilines is 1. The van der Waals surface area contributed by atoms with E-state index in [1.54, 1.807) is 4.57 Å². The van der Waals surface area contributed by atoms with E-state index in [4.69, 9.17) is 0 Å². The average molecular weight is 301 g/mol. The van der Waals surface area contributed by atoms with Gasteiger partial charge in [0, 0.05) is 30.2 Å². The van der Waals surface area contributed by atoms with Crippen molar-refractivity contribution in [1.29, 1.82) is 0 Å². The molecule has 1 N–H and O–H groups in total. The summed E-state index contributed by atoms with van der Waals surface area (Å²) in [5.41, 5.74) is 1.73. The number of para-hydroxylation sites is 1. The highest BCUT2D eigenvalue weighted by Gasteiger charge is 2.26. The lowest BCUT2D eigenvalue weighted by atomic mass is 10.1. The van der Waals surface area contributed by atoms with E-state index in [9.17, 15) is 9.59 Å². The highest BCUT2D eigenvalue weighted by molar-refractivity contribution is 7.99. The molecule has 1 atom stereocenters. The van der Waals surface area contributed by atoms with E-state index in [0.717, 1.165) is 11.3 Å². The number of rotatable bonds is 2. The van der Waals surface area contributed by atoms with E-state index >= 15 is 0 Å². The lowest BCUT2D eigenvalue weighted by molar-refractivity contribution is -0.119. The second kappa shape index (κ2) is 5.73. The molecule has 1 amide bonds. The first kappa shape index (κ1) is 13.9. The van der Waals surface area contributed by atoms with Crippen LogP contribution < -0.4 is 10.9 Å². The van der Waals surface area contributed by atoms with E-state index in [0.29, 0.717) is 17.5 Å². The topological polar surface area (TPSA) is 64.0 Å². The molecule has 1 unspecified atom stereocenters. The fourth-order valence-electron chi connectivity index (χ4n) is 2.26. The van der Waals surface area contributed by atoms with Crippen LogP contribution in [0, 0.1) is 12.8 Å². The fraction of sp³-hybridized carbons (Fsp3) is 0.267.